The second-order valence-corrected chi connectivity index (χ2v) is 5.92. The molecule has 0 atom stereocenters. The molecule has 1 aromatic carbocycles. The van der Waals surface area contributed by atoms with Crippen LogP contribution < -0.4 is 10.6 Å². The third kappa shape index (κ3) is 6.16. The number of carbonyl (C=O) groups is 1. The number of hydrogen-bond acceptors (Lipinski definition) is 3. The molecular formula is C19H24FN5O. The summed E-state index contributed by atoms with van der Waals surface area (Å²) in [5, 5.41) is 5.92. The lowest BCUT2D eigenvalue weighted by Crippen LogP contribution is -2.39. The summed E-state index contributed by atoms with van der Waals surface area (Å²) in [6, 6.07) is 11.8. The second-order valence-electron chi connectivity index (χ2n) is 5.92. The quantitative estimate of drug-likeness (QED) is 0.616. The first-order chi connectivity index (χ1) is 12.5. The van der Waals surface area contributed by atoms with Crippen LogP contribution >= 0.6 is 0 Å². The summed E-state index contributed by atoms with van der Waals surface area (Å²) in [6.07, 6.45) is 0.291. The highest BCUT2D eigenvalue weighted by Gasteiger charge is 2.08. The number of aromatic nitrogens is 1. The average molecular weight is 357 g/mol. The van der Waals surface area contributed by atoms with Crippen molar-refractivity contribution in [3.63, 3.8) is 0 Å². The molecule has 0 spiro atoms. The Labute approximate surface area is 153 Å². The molecule has 0 aliphatic heterocycles. The van der Waals surface area contributed by atoms with Crippen molar-refractivity contribution in [2.75, 3.05) is 26.0 Å². The van der Waals surface area contributed by atoms with Crippen LogP contribution in [0, 0.1) is 12.7 Å². The Morgan fingerprint density at radius 1 is 1.23 bits per heavy atom. The Hall–Kier alpha value is -2.96. The third-order valence-corrected chi connectivity index (χ3v) is 3.70. The zero-order chi connectivity index (χ0) is 18.9. The zero-order valence-corrected chi connectivity index (χ0v) is 15.3. The van der Waals surface area contributed by atoms with Crippen LogP contribution in [0.5, 0.6) is 0 Å². The van der Waals surface area contributed by atoms with E-state index < -0.39 is 0 Å². The molecule has 0 aliphatic carbocycles. The van der Waals surface area contributed by atoms with Gasteiger partial charge in [0.15, 0.2) is 5.96 Å². The summed E-state index contributed by atoms with van der Waals surface area (Å²) < 4.78 is 13.0. The minimum Gasteiger partial charge on any atom is -0.356 e. The predicted molar refractivity (Wildman–Crippen MR) is 101 cm³/mol. The van der Waals surface area contributed by atoms with Gasteiger partial charge in [-0.15, -0.1) is 0 Å². The van der Waals surface area contributed by atoms with Crippen molar-refractivity contribution in [3.8, 4) is 0 Å². The van der Waals surface area contributed by atoms with E-state index in [1.54, 1.807) is 25.2 Å². The lowest BCUT2D eigenvalue weighted by atomic mass is 10.2. The van der Waals surface area contributed by atoms with E-state index in [2.05, 4.69) is 20.6 Å². The first-order valence-corrected chi connectivity index (χ1v) is 8.37. The summed E-state index contributed by atoms with van der Waals surface area (Å²) in [5.74, 6) is 0.837. The van der Waals surface area contributed by atoms with E-state index in [1.165, 1.54) is 12.1 Å². The fraction of sp³-hybridized carbons (Fsp3) is 0.316. The Balaban J connectivity index is 1.78. The summed E-state index contributed by atoms with van der Waals surface area (Å²) in [4.78, 5) is 22.4. The van der Waals surface area contributed by atoms with Gasteiger partial charge in [0, 0.05) is 39.3 Å². The van der Waals surface area contributed by atoms with Gasteiger partial charge >= 0.3 is 0 Å². The largest absolute Gasteiger partial charge is 0.356 e. The third-order valence-electron chi connectivity index (χ3n) is 3.70. The van der Waals surface area contributed by atoms with Crippen LogP contribution in [0.2, 0.25) is 0 Å². The number of benzene rings is 1. The molecule has 0 bridgehead atoms. The van der Waals surface area contributed by atoms with Gasteiger partial charge in [-0.25, -0.2) is 9.37 Å². The molecule has 26 heavy (non-hydrogen) atoms. The van der Waals surface area contributed by atoms with Crippen LogP contribution in [0.3, 0.4) is 0 Å². The first kappa shape index (κ1) is 19.4. The van der Waals surface area contributed by atoms with Crippen LogP contribution in [-0.4, -0.2) is 42.4 Å². The highest BCUT2D eigenvalue weighted by Crippen LogP contribution is 2.06. The molecule has 0 aliphatic rings. The van der Waals surface area contributed by atoms with Gasteiger partial charge in [0.05, 0.1) is 0 Å². The fourth-order valence-corrected chi connectivity index (χ4v) is 2.43. The van der Waals surface area contributed by atoms with E-state index >= 15 is 0 Å². The van der Waals surface area contributed by atoms with Gasteiger partial charge in [-0.05, 0) is 36.8 Å². The number of pyridine rings is 1. The molecule has 7 heteroatoms. The monoisotopic (exact) mass is 357 g/mol. The maximum Gasteiger partial charge on any atom is 0.227 e. The molecule has 2 rings (SSSR count). The molecule has 2 N–H and O–H groups in total. The lowest BCUT2D eigenvalue weighted by molar-refractivity contribution is -0.116. The van der Waals surface area contributed by atoms with Crippen LogP contribution in [0.4, 0.5) is 10.2 Å². The van der Waals surface area contributed by atoms with Gasteiger partial charge in [-0.1, -0.05) is 18.2 Å². The lowest BCUT2D eigenvalue weighted by Gasteiger charge is -2.22. The SMILES string of the molecule is CN=C(NCCC(=O)Nc1cccc(C)n1)N(C)Cc1ccc(F)cc1. The van der Waals surface area contributed by atoms with Gasteiger partial charge < -0.3 is 15.5 Å². The average Bonchev–Trinajstić information content (AvgIpc) is 2.60. The molecule has 0 fully saturated rings. The Bertz CT molecular complexity index is 761. The van der Waals surface area contributed by atoms with Crippen molar-refractivity contribution in [1.29, 1.82) is 0 Å². The number of nitrogens with zero attached hydrogens (tertiary/aromatic N) is 3. The number of carbonyl (C=O) groups excluding carboxylic acids is 1. The van der Waals surface area contributed by atoms with E-state index in [-0.39, 0.29) is 11.7 Å². The summed E-state index contributed by atoms with van der Waals surface area (Å²) in [6.45, 7) is 2.90. The predicted octanol–water partition coefficient (Wildman–Crippen LogP) is 2.57. The molecule has 6 nitrogen and oxygen atoms in total. The normalized spacial score (nSPS) is 11.2. The van der Waals surface area contributed by atoms with Gasteiger partial charge in [0.25, 0.3) is 0 Å². The van der Waals surface area contributed by atoms with Crippen molar-refractivity contribution in [3.05, 3.63) is 59.5 Å². The van der Waals surface area contributed by atoms with Crippen molar-refractivity contribution in [2.45, 2.75) is 19.9 Å². The number of guanidine groups is 1. The Morgan fingerprint density at radius 2 is 1.96 bits per heavy atom. The number of halogens is 1. The van der Waals surface area contributed by atoms with Crippen molar-refractivity contribution < 1.29 is 9.18 Å². The summed E-state index contributed by atoms with van der Waals surface area (Å²) in [5.41, 5.74) is 1.82. The molecule has 0 unspecified atom stereocenters. The van der Waals surface area contributed by atoms with Crippen LogP contribution in [0.25, 0.3) is 0 Å². The van der Waals surface area contributed by atoms with Gasteiger partial charge in [-0.2, -0.15) is 0 Å². The number of amides is 1. The summed E-state index contributed by atoms with van der Waals surface area (Å²) in [7, 11) is 3.57. The number of nitrogens with one attached hydrogen (secondary N) is 2. The first-order valence-electron chi connectivity index (χ1n) is 8.37. The molecule has 0 saturated heterocycles. The smallest absolute Gasteiger partial charge is 0.227 e. The van der Waals surface area contributed by atoms with Crippen molar-refractivity contribution >= 4 is 17.7 Å². The maximum atomic E-state index is 13.0. The van der Waals surface area contributed by atoms with Crippen molar-refractivity contribution in [2.24, 2.45) is 4.99 Å². The van der Waals surface area contributed by atoms with E-state index in [9.17, 15) is 9.18 Å². The van der Waals surface area contributed by atoms with Gasteiger partial charge in [0.1, 0.15) is 11.6 Å². The van der Waals surface area contributed by atoms with Crippen LogP contribution in [0.15, 0.2) is 47.5 Å². The highest BCUT2D eigenvalue weighted by molar-refractivity contribution is 5.90. The van der Waals surface area contributed by atoms with Crippen LogP contribution in [-0.2, 0) is 11.3 Å². The molecule has 1 aromatic heterocycles. The number of aryl methyl sites for hydroxylation is 1. The number of rotatable bonds is 6. The maximum absolute atomic E-state index is 13.0. The molecule has 2 aromatic rings. The molecule has 1 heterocycles. The minimum atomic E-state index is -0.256. The van der Waals surface area contributed by atoms with E-state index in [0.717, 1.165) is 11.3 Å². The summed E-state index contributed by atoms with van der Waals surface area (Å²) >= 11 is 0. The molecule has 0 radical (unpaired) electrons. The standard InChI is InChI=1S/C19H24FN5O/c1-14-5-4-6-17(23-14)24-18(26)11-12-22-19(21-2)25(3)13-15-7-9-16(20)10-8-15/h4-10H,11-13H2,1-3H3,(H,21,22)(H,23,24,26). The number of hydrogen-bond donors (Lipinski definition) is 2. The van der Waals surface area contributed by atoms with Gasteiger partial charge in [0.2, 0.25) is 5.91 Å². The molecular weight excluding hydrogens is 333 g/mol. The minimum absolute atomic E-state index is 0.118. The topological polar surface area (TPSA) is 69.6 Å². The number of anilines is 1. The van der Waals surface area contributed by atoms with E-state index in [1.807, 2.05) is 31.0 Å². The van der Waals surface area contributed by atoms with Crippen LogP contribution in [0.1, 0.15) is 17.7 Å². The second kappa shape index (κ2) is 9.50. The molecule has 138 valence electrons. The number of aliphatic imine (C=N–C) groups is 1. The molecule has 1 amide bonds. The Kier molecular flexibility index (Phi) is 7.08. The molecule has 0 saturated carbocycles. The van der Waals surface area contributed by atoms with E-state index in [0.29, 0.717) is 31.3 Å². The van der Waals surface area contributed by atoms with Gasteiger partial charge in [-0.3, -0.25) is 9.79 Å². The Morgan fingerprint density at radius 3 is 2.62 bits per heavy atom. The zero-order valence-electron chi connectivity index (χ0n) is 15.3. The van der Waals surface area contributed by atoms with E-state index in [4.69, 9.17) is 0 Å². The fourth-order valence-electron chi connectivity index (χ4n) is 2.43. The van der Waals surface area contributed by atoms with Crippen molar-refractivity contribution in [1.82, 2.24) is 15.2 Å². The highest BCUT2D eigenvalue weighted by atomic mass is 19.1.